The summed E-state index contributed by atoms with van der Waals surface area (Å²) in [6.45, 7) is 2.54. The molecule has 0 radical (unpaired) electrons. The van der Waals surface area contributed by atoms with E-state index in [1.165, 1.54) is 6.26 Å². The van der Waals surface area contributed by atoms with Crippen molar-refractivity contribution in [3.63, 3.8) is 0 Å². The number of aromatic nitrogens is 1. The van der Waals surface area contributed by atoms with Crippen LogP contribution in [0.1, 0.15) is 11.5 Å². The molecule has 13 heavy (non-hydrogen) atoms. The zero-order valence-corrected chi connectivity index (χ0v) is 7.28. The molecule has 0 saturated carbocycles. The van der Waals surface area contributed by atoms with Crippen molar-refractivity contribution in [3.8, 4) is 0 Å². The minimum atomic E-state index is 0.625. The third kappa shape index (κ3) is 1.90. The van der Waals surface area contributed by atoms with Crippen molar-refractivity contribution >= 4 is 5.82 Å². The third-order valence-electron chi connectivity index (χ3n) is 1.68. The predicted octanol–water partition coefficient (Wildman–Crippen LogP) is 2.19. The van der Waals surface area contributed by atoms with Crippen LogP contribution in [0.2, 0.25) is 0 Å². The second kappa shape index (κ2) is 3.35. The number of aryl methyl sites for hydroxylation is 1. The van der Waals surface area contributed by atoms with E-state index in [0.29, 0.717) is 12.4 Å². The summed E-state index contributed by atoms with van der Waals surface area (Å²) in [6, 6.07) is 5.62. The van der Waals surface area contributed by atoms with E-state index in [1.54, 1.807) is 6.07 Å². The van der Waals surface area contributed by atoms with Gasteiger partial charge in [-0.3, -0.25) is 0 Å². The number of anilines is 1. The maximum Gasteiger partial charge on any atom is 0.169 e. The monoisotopic (exact) mass is 178 g/mol. The standard InChI is InChI=1S/C9H10N2O2/c1-7-2-3-8(13-7)6-10-9-4-5-12-11-9/h2-5H,6H2,1H3,(H,10,11). The van der Waals surface area contributed by atoms with Gasteiger partial charge in [-0.25, -0.2) is 0 Å². The lowest BCUT2D eigenvalue weighted by atomic mass is 10.4. The number of nitrogens with one attached hydrogen (secondary N) is 1. The Labute approximate surface area is 75.5 Å². The Bertz CT molecular complexity index is 365. The van der Waals surface area contributed by atoms with E-state index in [-0.39, 0.29) is 0 Å². The quantitative estimate of drug-likeness (QED) is 0.782. The van der Waals surface area contributed by atoms with Gasteiger partial charge < -0.3 is 14.3 Å². The molecule has 4 heteroatoms. The second-order valence-electron chi connectivity index (χ2n) is 2.75. The SMILES string of the molecule is Cc1ccc(CNc2ccon2)o1. The van der Waals surface area contributed by atoms with E-state index in [2.05, 4.69) is 15.0 Å². The van der Waals surface area contributed by atoms with Crippen molar-refractivity contribution in [1.29, 1.82) is 0 Å². The van der Waals surface area contributed by atoms with Crippen LogP contribution in [0.4, 0.5) is 5.82 Å². The number of rotatable bonds is 3. The highest BCUT2D eigenvalue weighted by atomic mass is 16.5. The molecule has 2 rings (SSSR count). The number of furan rings is 1. The van der Waals surface area contributed by atoms with Crippen LogP contribution in [-0.4, -0.2) is 5.16 Å². The van der Waals surface area contributed by atoms with Crippen molar-refractivity contribution in [3.05, 3.63) is 36.0 Å². The first-order valence-corrected chi connectivity index (χ1v) is 4.04. The lowest BCUT2D eigenvalue weighted by molar-refractivity contribution is 0.421. The third-order valence-corrected chi connectivity index (χ3v) is 1.68. The Morgan fingerprint density at radius 1 is 1.38 bits per heavy atom. The Balaban J connectivity index is 1.93. The van der Waals surface area contributed by atoms with Gasteiger partial charge in [0.25, 0.3) is 0 Å². The Hall–Kier alpha value is -1.71. The fourth-order valence-electron chi connectivity index (χ4n) is 1.06. The number of nitrogens with zero attached hydrogens (tertiary/aromatic N) is 1. The molecule has 4 nitrogen and oxygen atoms in total. The lowest BCUT2D eigenvalue weighted by Crippen LogP contribution is -1.97. The highest BCUT2D eigenvalue weighted by Gasteiger charge is 1.99. The van der Waals surface area contributed by atoms with Crippen LogP contribution in [0.3, 0.4) is 0 Å². The molecule has 0 unspecified atom stereocenters. The molecule has 0 amide bonds. The minimum absolute atomic E-state index is 0.625. The van der Waals surface area contributed by atoms with E-state index in [9.17, 15) is 0 Å². The lowest BCUT2D eigenvalue weighted by Gasteiger charge is -1.97. The van der Waals surface area contributed by atoms with E-state index in [1.807, 2.05) is 19.1 Å². The molecule has 2 heterocycles. The summed E-state index contributed by atoms with van der Waals surface area (Å²) in [5.74, 6) is 2.52. The molecular weight excluding hydrogens is 168 g/mol. The van der Waals surface area contributed by atoms with Gasteiger partial charge in [0.2, 0.25) is 0 Å². The van der Waals surface area contributed by atoms with E-state index < -0.39 is 0 Å². The van der Waals surface area contributed by atoms with Gasteiger partial charge in [-0.05, 0) is 19.1 Å². The molecule has 0 spiro atoms. The summed E-state index contributed by atoms with van der Waals surface area (Å²) >= 11 is 0. The highest BCUT2D eigenvalue weighted by Crippen LogP contribution is 2.09. The summed E-state index contributed by atoms with van der Waals surface area (Å²) in [4.78, 5) is 0. The molecule has 68 valence electrons. The van der Waals surface area contributed by atoms with Gasteiger partial charge in [0, 0.05) is 6.07 Å². The van der Waals surface area contributed by atoms with Crippen molar-refractivity contribution in [2.24, 2.45) is 0 Å². The van der Waals surface area contributed by atoms with Gasteiger partial charge in [-0.15, -0.1) is 0 Å². The molecule has 2 aromatic rings. The molecule has 0 saturated heterocycles. The Morgan fingerprint density at radius 3 is 2.92 bits per heavy atom. The molecule has 1 N–H and O–H groups in total. The number of hydrogen-bond donors (Lipinski definition) is 1. The summed E-state index contributed by atoms with van der Waals surface area (Å²) < 4.78 is 10.0. The number of hydrogen-bond acceptors (Lipinski definition) is 4. The fourth-order valence-corrected chi connectivity index (χ4v) is 1.06. The van der Waals surface area contributed by atoms with Crippen LogP contribution in [0.15, 0.2) is 33.4 Å². The molecular formula is C9H10N2O2. The van der Waals surface area contributed by atoms with Gasteiger partial charge in [0.15, 0.2) is 5.82 Å². The van der Waals surface area contributed by atoms with Gasteiger partial charge in [-0.2, -0.15) is 0 Å². The largest absolute Gasteiger partial charge is 0.465 e. The molecule has 0 aliphatic rings. The summed E-state index contributed by atoms with van der Waals surface area (Å²) in [6.07, 6.45) is 1.52. The van der Waals surface area contributed by atoms with Crippen molar-refractivity contribution in [1.82, 2.24) is 5.16 Å². The smallest absolute Gasteiger partial charge is 0.169 e. The molecule has 2 aromatic heterocycles. The Morgan fingerprint density at radius 2 is 2.31 bits per heavy atom. The van der Waals surface area contributed by atoms with Gasteiger partial charge >= 0.3 is 0 Å². The molecule has 0 fully saturated rings. The molecule has 0 aromatic carbocycles. The summed E-state index contributed by atoms with van der Waals surface area (Å²) in [5, 5.41) is 6.77. The maximum absolute atomic E-state index is 5.36. The summed E-state index contributed by atoms with van der Waals surface area (Å²) in [7, 11) is 0. The van der Waals surface area contributed by atoms with Crippen LogP contribution < -0.4 is 5.32 Å². The predicted molar refractivity (Wildman–Crippen MR) is 47.3 cm³/mol. The normalized spacial score (nSPS) is 10.2. The Kier molecular flexibility index (Phi) is 2.04. The van der Waals surface area contributed by atoms with Crippen molar-refractivity contribution < 1.29 is 8.94 Å². The first-order valence-electron chi connectivity index (χ1n) is 4.04. The van der Waals surface area contributed by atoms with Gasteiger partial charge in [0.05, 0.1) is 6.54 Å². The van der Waals surface area contributed by atoms with E-state index in [4.69, 9.17) is 4.42 Å². The maximum atomic E-state index is 5.36. The summed E-state index contributed by atoms with van der Waals surface area (Å²) in [5.41, 5.74) is 0. The van der Waals surface area contributed by atoms with Crippen LogP contribution in [0, 0.1) is 6.92 Å². The van der Waals surface area contributed by atoms with Gasteiger partial charge in [-0.1, -0.05) is 5.16 Å². The van der Waals surface area contributed by atoms with Crippen LogP contribution in [0.5, 0.6) is 0 Å². The zero-order chi connectivity index (χ0) is 9.10. The average Bonchev–Trinajstić information content (AvgIpc) is 2.71. The fraction of sp³-hybridized carbons (Fsp3) is 0.222. The first kappa shape index (κ1) is 7.91. The topological polar surface area (TPSA) is 51.2 Å². The zero-order valence-electron chi connectivity index (χ0n) is 7.28. The van der Waals surface area contributed by atoms with Crippen molar-refractivity contribution in [2.45, 2.75) is 13.5 Å². The molecule has 0 atom stereocenters. The van der Waals surface area contributed by atoms with E-state index >= 15 is 0 Å². The first-order chi connectivity index (χ1) is 6.34. The average molecular weight is 178 g/mol. The highest BCUT2D eigenvalue weighted by molar-refractivity contribution is 5.31. The van der Waals surface area contributed by atoms with Crippen molar-refractivity contribution in [2.75, 3.05) is 5.32 Å². The molecule has 0 aliphatic heterocycles. The second-order valence-corrected chi connectivity index (χ2v) is 2.75. The molecule has 0 bridgehead atoms. The minimum Gasteiger partial charge on any atom is -0.465 e. The van der Waals surface area contributed by atoms with Crippen LogP contribution >= 0.6 is 0 Å². The van der Waals surface area contributed by atoms with Crippen LogP contribution in [-0.2, 0) is 6.54 Å². The van der Waals surface area contributed by atoms with Crippen LogP contribution in [0.25, 0.3) is 0 Å². The van der Waals surface area contributed by atoms with E-state index in [0.717, 1.165) is 11.5 Å². The van der Waals surface area contributed by atoms with Gasteiger partial charge in [0.1, 0.15) is 17.8 Å². The molecule has 0 aliphatic carbocycles.